The molecule has 1 spiro atoms. The molecule has 5 rings (SSSR count). The number of benzene rings is 1. The molecule has 3 fully saturated rings. The molecule has 0 N–H and O–H groups in total. The maximum atomic E-state index is 13.0. The topological polar surface area (TPSA) is 90.7 Å². The van der Waals surface area contributed by atoms with Crippen LogP contribution in [0.25, 0.3) is 11.0 Å². The Morgan fingerprint density at radius 3 is 2.73 bits per heavy atom. The zero-order valence-electron chi connectivity index (χ0n) is 16.9. The van der Waals surface area contributed by atoms with Crippen molar-refractivity contribution in [1.29, 1.82) is 0 Å². The minimum absolute atomic E-state index is 0.0294. The first-order valence-electron chi connectivity index (χ1n) is 10.6. The van der Waals surface area contributed by atoms with Crippen molar-refractivity contribution >= 4 is 26.8 Å². The number of imidazole rings is 1. The highest BCUT2D eigenvalue weighted by molar-refractivity contribution is 7.92. The van der Waals surface area contributed by atoms with E-state index in [2.05, 4.69) is 4.98 Å². The number of ether oxygens (including phenoxy) is 2. The Labute approximate surface area is 176 Å². The van der Waals surface area contributed by atoms with Crippen molar-refractivity contribution in [3.05, 3.63) is 30.6 Å². The van der Waals surface area contributed by atoms with E-state index in [-0.39, 0.29) is 18.3 Å². The average molecular weight is 434 g/mol. The second-order valence-electron chi connectivity index (χ2n) is 8.82. The lowest BCUT2D eigenvalue weighted by Gasteiger charge is -2.52. The summed E-state index contributed by atoms with van der Waals surface area (Å²) in [6, 6.07) is 7.68. The zero-order valence-corrected chi connectivity index (χ0v) is 17.7. The molecule has 4 heterocycles. The molecule has 3 aliphatic heterocycles. The third kappa shape index (κ3) is 3.74. The molecule has 8 nitrogen and oxygen atoms in total. The Morgan fingerprint density at radius 2 is 1.97 bits per heavy atom. The van der Waals surface area contributed by atoms with Gasteiger partial charge in [0.1, 0.15) is 10.9 Å². The molecule has 2 aromatic rings. The van der Waals surface area contributed by atoms with E-state index in [9.17, 15) is 13.2 Å². The van der Waals surface area contributed by atoms with Crippen LogP contribution >= 0.6 is 0 Å². The molecule has 1 aromatic carbocycles. The molecule has 162 valence electrons. The van der Waals surface area contributed by atoms with Crippen molar-refractivity contribution in [2.45, 2.75) is 36.7 Å². The second-order valence-corrected chi connectivity index (χ2v) is 11.1. The first kappa shape index (κ1) is 20.0. The molecule has 1 amide bonds. The van der Waals surface area contributed by atoms with Crippen LogP contribution in [0.2, 0.25) is 0 Å². The van der Waals surface area contributed by atoms with E-state index in [1.54, 1.807) is 11.2 Å². The van der Waals surface area contributed by atoms with Crippen LogP contribution in [-0.2, 0) is 30.7 Å². The SMILES string of the molecule is O=C(CC1CCOCC1)N1CC2(C1)CS(=O)(=O)[C@@H](Cn1cnc3ccccc31)CO2. The van der Waals surface area contributed by atoms with Crippen LogP contribution in [0.15, 0.2) is 30.6 Å². The molecule has 3 saturated heterocycles. The predicted octanol–water partition coefficient (Wildman–Crippen LogP) is 1.25. The number of carbonyl (C=O) groups excluding carboxylic acids is 1. The monoisotopic (exact) mass is 433 g/mol. The normalized spacial score (nSPS) is 26.0. The van der Waals surface area contributed by atoms with Gasteiger partial charge in [0.05, 0.1) is 42.8 Å². The molecule has 0 saturated carbocycles. The number of carbonyl (C=O) groups is 1. The van der Waals surface area contributed by atoms with Gasteiger partial charge in [0.2, 0.25) is 5.91 Å². The van der Waals surface area contributed by atoms with Gasteiger partial charge in [-0.1, -0.05) is 12.1 Å². The minimum atomic E-state index is -3.34. The minimum Gasteiger partial charge on any atom is -0.381 e. The summed E-state index contributed by atoms with van der Waals surface area (Å²) in [4.78, 5) is 18.6. The van der Waals surface area contributed by atoms with Crippen molar-refractivity contribution in [2.24, 2.45) is 5.92 Å². The molecule has 0 bridgehead atoms. The van der Waals surface area contributed by atoms with Crippen LogP contribution in [0.5, 0.6) is 0 Å². The number of fused-ring (bicyclic) bond motifs is 1. The summed E-state index contributed by atoms with van der Waals surface area (Å²) >= 11 is 0. The number of likely N-dealkylation sites (tertiary alicyclic amines) is 1. The van der Waals surface area contributed by atoms with Gasteiger partial charge >= 0.3 is 0 Å². The van der Waals surface area contributed by atoms with Crippen LogP contribution in [-0.4, -0.2) is 78.3 Å². The predicted molar refractivity (Wildman–Crippen MR) is 111 cm³/mol. The first-order valence-corrected chi connectivity index (χ1v) is 12.3. The maximum Gasteiger partial charge on any atom is 0.223 e. The van der Waals surface area contributed by atoms with E-state index in [4.69, 9.17) is 9.47 Å². The third-order valence-corrected chi connectivity index (χ3v) is 8.82. The molecule has 0 radical (unpaired) electrons. The number of hydrogen-bond donors (Lipinski definition) is 0. The smallest absolute Gasteiger partial charge is 0.223 e. The number of hydrogen-bond acceptors (Lipinski definition) is 6. The fourth-order valence-electron chi connectivity index (χ4n) is 4.78. The summed E-state index contributed by atoms with van der Waals surface area (Å²) in [5, 5.41) is -0.604. The van der Waals surface area contributed by atoms with E-state index in [0.29, 0.717) is 32.0 Å². The molecule has 30 heavy (non-hydrogen) atoms. The lowest BCUT2D eigenvalue weighted by Crippen LogP contribution is -2.70. The van der Waals surface area contributed by atoms with Gasteiger partial charge < -0.3 is 18.9 Å². The third-order valence-electron chi connectivity index (χ3n) is 6.59. The van der Waals surface area contributed by atoms with Crippen LogP contribution in [0.3, 0.4) is 0 Å². The summed E-state index contributed by atoms with van der Waals surface area (Å²) < 4.78 is 39.3. The van der Waals surface area contributed by atoms with Gasteiger partial charge in [-0.3, -0.25) is 4.79 Å². The number of nitrogens with zero attached hydrogens (tertiary/aromatic N) is 3. The standard InChI is InChI=1S/C21H27N3O5S/c25-20(9-16-5-7-28-8-6-16)24-12-21(13-24)14-30(26,27)17(11-29-21)10-23-15-22-18-3-1-2-4-19(18)23/h1-4,15-17H,5-14H2/t17-/m0/s1. The molecule has 9 heteroatoms. The van der Waals surface area contributed by atoms with Crippen molar-refractivity contribution in [3.8, 4) is 0 Å². The number of rotatable bonds is 4. The summed E-state index contributed by atoms with van der Waals surface area (Å²) in [7, 11) is -3.34. The van der Waals surface area contributed by atoms with Crippen LogP contribution in [0.1, 0.15) is 19.3 Å². The number of sulfone groups is 1. The summed E-state index contributed by atoms with van der Waals surface area (Å²) in [5.41, 5.74) is 1.03. The average Bonchev–Trinajstić information content (AvgIpc) is 3.11. The molecule has 1 aromatic heterocycles. The van der Waals surface area contributed by atoms with Gasteiger partial charge in [0, 0.05) is 26.2 Å². The van der Waals surface area contributed by atoms with Gasteiger partial charge in [-0.05, 0) is 30.9 Å². The first-order chi connectivity index (χ1) is 14.4. The van der Waals surface area contributed by atoms with E-state index in [1.165, 1.54) is 0 Å². The largest absolute Gasteiger partial charge is 0.381 e. The van der Waals surface area contributed by atoms with Crippen LogP contribution in [0.4, 0.5) is 0 Å². The van der Waals surface area contributed by atoms with Crippen LogP contribution < -0.4 is 0 Å². The van der Waals surface area contributed by atoms with Crippen LogP contribution in [0, 0.1) is 5.92 Å². The van der Waals surface area contributed by atoms with Gasteiger partial charge in [-0.2, -0.15) is 0 Å². The van der Waals surface area contributed by atoms with E-state index < -0.39 is 20.7 Å². The highest BCUT2D eigenvalue weighted by atomic mass is 32.2. The van der Waals surface area contributed by atoms with Crippen molar-refractivity contribution in [1.82, 2.24) is 14.5 Å². The van der Waals surface area contributed by atoms with E-state index in [0.717, 1.165) is 37.1 Å². The maximum absolute atomic E-state index is 13.0. The van der Waals surface area contributed by atoms with E-state index >= 15 is 0 Å². The number of para-hydroxylation sites is 2. The number of aromatic nitrogens is 2. The molecule has 1 atom stereocenters. The quantitative estimate of drug-likeness (QED) is 0.721. The highest BCUT2D eigenvalue weighted by Crippen LogP contribution is 2.34. The van der Waals surface area contributed by atoms with Crippen molar-refractivity contribution < 1.29 is 22.7 Å². The van der Waals surface area contributed by atoms with Gasteiger partial charge in [0.25, 0.3) is 0 Å². The Hall–Kier alpha value is -1.97. The second kappa shape index (κ2) is 7.62. The molecule has 3 aliphatic rings. The van der Waals surface area contributed by atoms with Gasteiger partial charge in [-0.25, -0.2) is 13.4 Å². The fraction of sp³-hybridized carbons (Fsp3) is 0.619. The van der Waals surface area contributed by atoms with Crippen molar-refractivity contribution in [3.63, 3.8) is 0 Å². The van der Waals surface area contributed by atoms with E-state index in [1.807, 2.05) is 28.8 Å². The molecule has 0 aliphatic carbocycles. The Bertz CT molecular complexity index is 1040. The fourth-order valence-corrected chi connectivity index (χ4v) is 6.67. The van der Waals surface area contributed by atoms with Gasteiger partial charge in [-0.15, -0.1) is 0 Å². The molecule has 0 unspecified atom stereocenters. The summed E-state index contributed by atoms with van der Waals surface area (Å²) in [6.45, 7) is 2.65. The molecular weight excluding hydrogens is 406 g/mol. The molecular formula is C21H27N3O5S. The number of amides is 1. The lowest BCUT2D eigenvalue weighted by molar-refractivity contribution is -0.166. The summed E-state index contributed by atoms with van der Waals surface area (Å²) in [5.74, 6) is 0.437. The zero-order chi connectivity index (χ0) is 20.8. The summed E-state index contributed by atoms with van der Waals surface area (Å²) in [6.07, 6.45) is 4.04. The van der Waals surface area contributed by atoms with Crippen molar-refractivity contribution in [2.75, 3.05) is 38.7 Å². The lowest BCUT2D eigenvalue weighted by atomic mass is 9.91. The Morgan fingerprint density at radius 1 is 1.20 bits per heavy atom. The Kier molecular flexibility index (Phi) is 5.07. The van der Waals surface area contributed by atoms with Gasteiger partial charge in [0.15, 0.2) is 9.84 Å². The Balaban J connectivity index is 1.19. The highest BCUT2D eigenvalue weighted by Gasteiger charge is 2.53.